The average Bonchev–Trinajstić information content (AvgIpc) is 2.39. The van der Waals surface area contributed by atoms with E-state index in [9.17, 15) is 24.3 Å². The highest BCUT2D eigenvalue weighted by atomic mass is 16.6. The minimum absolute atomic E-state index is 0.227. The predicted molar refractivity (Wildman–Crippen MR) is 102 cm³/mol. The summed E-state index contributed by atoms with van der Waals surface area (Å²) in [5, 5.41) is 12.0. The number of Topliss-reactive ketones (excluding diaryl/α,β-unsaturated/α-hetero) is 2. The molecule has 1 amide bonds. The van der Waals surface area contributed by atoms with Crippen LogP contribution in [0.2, 0.25) is 0 Å². The van der Waals surface area contributed by atoms with Gasteiger partial charge in [-0.15, -0.1) is 0 Å². The third-order valence-corrected chi connectivity index (χ3v) is 3.91. The van der Waals surface area contributed by atoms with Gasteiger partial charge in [0.25, 0.3) is 0 Å². The van der Waals surface area contributed by atoms with Crippen LogP contribution >= 0.6 is 0 Å². The van der Waals surface area contributed by atoms with Crippen molar-refractivity contribution < 1.29 is 29.0 Å². The van der Waals surface area contributed by atoms with Gasteiger partial charge in [0.2, 0.25) is 0 Å². The summed E-state index contributed by atoms with van der Waals surface area (Å²) in [4.78, 5) is 48.6. The fourth-order valence-corrected chi connectivity index (χ4v) is 2.34. The van der Waals surface area contributed by atoms with Crippen molar-refractivity contribution in [2.24, 2.45) is 16.7 Å². The zero-order valence-electron chi connectivity index (χ0n) is 18.1. The van der Waals surface area contributed by atoms with E-state index in [2.05, 4.69) is 5.32 Å². The van der Waals surface area contributed by atoms with Crippen LogP contribution in [0.3, 0.4) is 0 Å². The van der Waals surface area contributed by atoms with Gasteiger partial charge in [-0.25, -0.2) is 4.79 Å². The van der Waals surface area contributed by atoms with Crippen molar-refractivity contribution in [1.82, 2.24) is 5.32 Å². The number of aliphatic carboxylic acids is 1. The van der Waals surface area contributed by atoms with Crippen molar-refractivity contribution in [3.8, 4) is 0 Å². The molecule has 0 saturated carbocycles. The second-order valence-electron chi connectivity index (χ2n) is 10.0. The number of rotatable bonds is 7. The highest BCUT2D eigenvalue weighted by Gasteiger charge is 2.37. The molecule has 7 nitrogen and oxygen atoms in total. The van der Waals surface area contributed by atoms with Crippen molar-refractivity contribution in [2.45, 2.75) is 86.8 Å². The summed E-state index contributed by atoms with van der Waals surface area (Å²) in [7, 11) is 0. The Labute approximate surface area is 162 Å². The van der Waals surface area contributed by atoms with E-state index >= 15 is 0 Å². The van der Waals surface area contributed by atoms with E-state index < -0.39 is 46.2 Å². The Kier molecular flexibility index (Phi) is 8.22. The fourth-order valence-electron chi connectivity index (χ4n) is 2.34. The molecule has 0 aliphatic carbocycles. The molecule has 7 heteroatoms. The lowest BCUT2D eigenvalue weighted by Gasteiger charge is -2.32. The number of carbonyl (C=O) groups is 4. The van der Waals surface area contributed by atoms with Gasteiger partial charge in [0.15, 0.2) is 5.78 Å². The van der Waals surface area contributed by atoms with E-state index in [-0.39, 0.29) is 18.6 Å². The van der Waals surface area contributed by atoms with E-state index in [1.807, 2.05) is 0 Å². The van der Waals surface area contributed by atoms with Gasteiger partial charge in [0, 0.05) is 18.3 Å². The Morgan fingerprint density at radius 3 is 1.70 bits per heavy atom. The second kappa shape index (κ2) is 8.85. The highest BCUT2D eigenvalue weighted by Crippen LogP contribution is 2.26. The molecule has 0 aromatic carbocycles. The molecule has 156 valence electrons. The number of hydrogen-bond donors (Lipinski definition) is 2. The molecule has 0 heterocycles. The molecule has 0 fully saturated rings. The Morgan fingerprint density at radius 1 is 0.889 bits per heavy atom. The zero-order chi connectivity index (χ0) is 21.8. The van der Waals surface area contributed by atoms with Gasteiger partial charge in [0.05, 0.1) is 12.0 Å². The molecule has 2 atom stereocenters. The van der Waals surface area contributed by atoms with Gasteiger partial charge >= 0.3 is 12.1 Å². The molecular formula is C20H35NO6. The molecule has 0 saturated heterocycles. The minimum atomic E-state index is -1.20. The fraction of sp³-hybridized carbons (Fsp3) is 0.800. The van der Waals surface area contributed by atoms with Crippen molar-refractivity contribution >= 4 is 23.6 Å². The number of ketones is 2. The maximum absolute atomic E-state index is 12.8. The molecule has 0 aliphatic rings. The van der Waals surface area contributed by atoms with Crippen molar-refractivity contribution in [2.75, 3.05) is 0 Å². The third kappa shape index (κ3) is 9.54. The Balaban J connectivity index is 5.34. The van der Waals surface area contributed by atoms with Crippen LogP contribution in [0.25, 0.3) is 0 Å². The number of nitrogens with one attached hydrogen (secondary N) is 1. The van der Waals surface area contributed by atoms with Gasteiger partial charge in [-0.3, -0.25) is 14.4 Å². The molecule has 0 bridgehead atoms. The standard InChI is InChI=1S/C20H35NO6/c1-18(2,3)14(23)11-12(16(24)25)10-13(22)15(19(4,5)6)21-17(26)27-20(7,8)9/h12,15H,10-11H2,1-9H3,(H,21,26)(H,24,25)/t12-,15+/m0/s1. The maximum atomic E-state index is 12.8. The lowest BCUT2D eigenvalue weighted by Crippen LogP contribution is -2.51. The van der Waals surface area contributed by atoms with Crippen LogP contribution in [0.5, 0.6) is 0 Å². The number of carbonyl (C=O) groups excluding carboxylic acids is 3. The van der Waals surface area contributed by atoms with E-state index in [4.69, 9.17) is 4.74 Å². The molecule has 0 spiro atoms. The molecule has 2 N–H and O–H groups in total. The van der Waals surface area contributed by atoms with Gasteiger partial charge in [-0.2, -0.15) is 0 Å². The van der Waals surface area contributed by atoms with Crippen molar-refractivity contribution in [3.63, 3.8) is 0 Å². The van der Waals surface area contributed by atoms with Gasteiger partial charge in [-0.1, -0.05) is 41.5 Å². The summed E-state index contributed by atoms with van der Waals surface area (Å²) in [6.45, 7) is 15.5. The first kappa shape index (κ1) is 25.1. The zero-order valence-corrected chi connectivity index (χ0v) is 18.1. The van der Waals surface area contributed by atoms with Crippen LogP contribution in [-0.4, -0.2) is 40.4 Å². The Hall–Kier alpha value is -1.92. The molecule has 0 radical (unpaired) electrons. The lowest BCUT2D eigenvalue weighted by molar-refractivity contribution is -0.147. The molecule has 0 aromatic rings. The lowest BCUT2D eigenvalue weighted by atomic mass is 9.79. The predicted octanol–water partition coefficient (Wildman–Crippen LogP) is 3.59. The SMILES string of the molecule is CC(C)(C)OC(=O)N[C@H](C(=O)C[C@@H](CC(=O)C(C)(C)C)C(=O)O)C(C)(C)C. The summed E-state index contributed by atoms with van der Waals surface area (Å²) in [5.74, 6) is -3.00. The van der Waals surface area contributed by atoms with Gasteiger partial charge < -0.3 is 15.2 Å². The van der Waals surface area contributed by atoms with E-state index in [0.717, 1.165) is 0 Å². The minimum Gasteiger partial charge on any atom is -0.481 e. The number of carboxylic acid groups (broad SMARTS) is 1. The summed E-state index contributed by atoms with van der Waals surface area (Å²) in [6, 6.07) is -0.932. The van der Waals surface area contributed by atoms with Crippen LogP contribution in [0.1, 0.15) is 75.2 Å². The number of amides is 1. The summed E-state index contributed by atoms with van der Waals surface area (Å²) >= 11 is 0. The number of carboxylic acids is 1. The number of alkyl carbamates (subject to hydrolysis) is 1. The highest BCUT2D eigenvalue weighted by molar-refractivity contribution is 5.93. The van der Waals surface area contributed by atoms with E-state index in [1.165, 1.54) is 0 Å². The van der Waals surface area contributed by atoms with Crippen LogP contribution < -0.4 is 5.32 Å². The number of hydrogen-bond acceptors (Lipinski definition) is 5. The van der Waals surface area contributed by atoms with E-state index in [0.29, 0.717) is 0 Å². The van der Waals surface area contributed by atoms with Crippen LogP contribution in [0.15, 0.2) is 0 Å². The topological polar surface area (TPSA) is 110 Å². The van der Waals surface area contributed by atoms with Crippen LogP contribution in [0.4, 0.5) is 4.79 Å². The first-order chi connectivity index (χ1) is 11.8. The maximum Gasteiger partial charge on any atom is 0.408 e. The quantitative estimate of drug-likeness (QED) is 0.693. The average molecular weight is 386 g/mol. The van der Waals surface area contributed by atoms with Gasteiger partial charge in [-0.05, 0) is 26.2 Å². The summed E-state index contributed by atoms with van der Waals surface area (Å²) < 4.78 is 5.20. The van der Waals surface area contributed by atoms with Crippen molar-refractivity contribution in [1.29, 1.82) is 0 Å². The molecule has 0 rings (SSSR count). The summed E-state index contributed by atoms with van der Waals surface area (Å²) in [6.07, 6.45) is -1.31. The molecule has 0 aromatic heterocycles. The Bertz CT molecular complexity index is 575. The largest absolute Gasteiger partial charge is 0.481 e. The molecule has 0 unspecified atom stereocenters. The first-order valence-corrected chi connectivity index (χ1v) is 9.13. The Morgan fingerprint density at radius 2 is 1.37 bits per heavy atom. The first-order valence-electron chi connectivity index (χ1n) is 9.13. The summed E-state index contributed by atoms with van der Waals surface area (Å²) in [5.41, 5.74) is -2.06. The van der Waals surface area contributed by atoms with Crippen molar-refractivity contribution in [3.05, 3.63) is 0 Å². The normalized spacial score (nSPS) is 14.9. The third-order valence-electron chi connectivity index (χ3n) is 3.91. The van der Waals surface area contributed by atoms with Crippen LogP contribution in [-0.2, 0) is 19.1 Å². The molecule has 0 aliphatic heterocycles. The monoisotopic (exact) mass is 385 g/mol. The van der Waals surface area contributed by atoms with E-state index in [1.54, 1.807) is 62.3 Å². The molecule has 27 heavy (non-hydrogen) atoms. The second-order valence-corrected chi connectivity index (χ2v) is 10.0. The van der Waals surface area contributed by atoms with Crippen LogP contribution in [0, 0.1) is 16.7 Å². The molecular weight excluding hydrogens is 350 g/mol. The van der Waals surface area contributed by atoms with Gasteiger partial charge in [0.1, 0.15) is 11.4 Å². The smallest absolute Gasteiger partial charge is 0.408 e. The number of ether oxygens (including phenoxy) is 1.